The molecule has 0 aromatic rings. The summed E-state index contributed by atoms with van der Waals surface area (Å²) in [7, 11) is 0. The molecular weight excluding hydrogens is 196 g/mol. The quantitative estimate of drug-likeness (QED) is 0.496. The summed E-state index contributed by atoms with van der Waals surface area (Å²) in [5.41, 5.74) is -1.46. The van der Waals surface area contributed by atoms with Gasteiger partial charge < -0.3 is 20.4 Å². The van der Waals surface area contributed by atoms with E-state index in [4.69, 9.17) is 0 Å². The molecule has 4 heteroatoms. The van der Waals surface area contributed by atoms with E-state index in [1.807, 2.05) is 0 Å². The van der Waals surface area contributed by atoms with Crippen LogP contribution in [0, 0.1) is 10.8 Å². The highest BCUT2D eigenvalue weighted by Gasteiger charge is 2.50. The summed E-state index contributed by atoms with van der Waals surface area (Å²) in [6, 6.07) is 0. The second-order valence-corrected chi connectivity index (χ2v) is 4.75. The Kier molecular flexibility index (Phi) is 4.52. The summed E-state index contributed by atoms with van der Waals surface area (Å²) >= 11 is 0. The number of hydrogen-bond acceptors (Lipinski definition) is 4. The van der Waals surface area contributed by atoms with Crippen LogP contribution in [-0.2, 0) is 0 Å². The molecule has 4 nitrogen and oxygen atoms in total. The van der Waals surface area contributed by atoms with Crippen LogP contribution < -0.4 is 0 Å². The van der Waals surface area contributed by atoms with Crippen molar-refractivity contribution in [3.05, 3.63) is 0 Å². The Balaban J connectivity index is 3.02. The molecule has 0 amide bonds. The summed E-state index contributed by atoms with van der Waals surface area (Å²) < 4.78 is 0. The number of aliphatic hydroxyl groups is 4. The van der Waals surface area contributed by atoms with E-state index in [0.717, 1.165) is 19.3 Å². The zero-order valence-electron chi connectivity index (χ0n) is 9.15. The highest BCUT2D eigenvalue weighted by molar-refractivity contribution is 4.98. The van der Waals surface area contributed by atoms with Gasteiger partial charge in [-0.25, -0.2) is 0 Å². The van der Waals surface area contributed by atoms with Crippen LogP contribution in [-0.4, -0.2) is 46.9 Å². The molecule has 0 aromatic carbocycles. The van der Waals surface area contributed by atoms with Gasteiger partial charge in [-0.1, -0.05) is 19.3 Å². The van der Waals surface area contributed by atoms with Crippen LogP contribution in [0.4, 0.5) is 0 Å². The second kappa shape index (κ2) is 5.25. The van der Waals surface area contributed by atoms with Crippen LogP contribution in [0.5, 0.6) is 0 Å². The summed E-state index contributed by atoms with van der Waals surface area (Å²) in [6.07, 6.45) is 4.23. The van der Waals surface area contributed by atoms with Crippen LogP contribution in [0.1, 0.15) is 32.1 Å². The van der Waals surface area contributed by atoms with E-state index in [-0.39, 0.29) is 26.4 Å². The van der Waals surface area contributed by atoms with Gasteiger partial charge in [-0.15, -0.1) is 0 Å². The first-order valence-corrected chi connectivity index (χ1v) is 5.64. The van der Waals surface area contributed by atoms with Crippen molar-refractivity contribution in [1.29, 1.82) is 0 Å². The Bertz CT molecular complexity index is 165. The highest BCUT2D eigenvalue weighted by Crippen LogP contribution is 2.48. The van der Waals surface area contributed by atoms with Crippen LogP contribution >= 0.6 is 0 Å². The van der Waals surface area contributed by atoms with Crippen LogP contribution in [0.3, 0.4) is 0 Å². The first-order valence-electron chi connectivity index (χ1n) is 5.64. The van der Waals surface area contributed by atoms with Gasteiger partial charge in [0.1, 0.15) is 0 Å². The topological polar surface area (TPSA) is 80.9 Å². The van der Waals surface area contributed by atoms with Gasteiger partial charge >= 0.3 is 0 Å². The fourth-order valence-electron chi connectivity index (χ4n) is 2.72. The van der Waals surface area contributed by atoms with Crippen molar-refractivity contribution in [3.63, 3.8) is 0 Å². The first-order chi connectivity index (χ1) is 7.20. The minimum absolute atomic E-state index is 0.176. The molecule has 15 heavy (non-hydrogen) atoms. The molecule has 1 rings (SSSR count). The minimum atomic E-state index is -0.729. The van der Waals surface area contributed by atoms with Crippen molar-refractivity contribution < 1.29 is 20.4 Å². The summed E-state index contributed by atoms with van der Waals surface area (Å²) in [6.45, 7) is -0.704. The summed E-state index contributed by atoms with van der Waals surface area (Å²) in [5.74, 6) is 0. The predicted molar refractivity (Wildman–Crippen MR) is 56.3 cm³/mol. The third-order valence-electron chi connectivity index (χ3n) is 4.15. The van der Waals surface area contributed by atoms with Gasteiger partial charge in [-0.05, 0) is 12.8 Å². The molecule has 0 unspecified atom stereocenters. The monoisotopic (exact) mass is 218 g/mol. The average molecular weight is 218 g/mol. The predicted octanol–water partition coefficient (Wildman–Crippen LogP) is -0.108. The molecule has 0 heterocycles. The third kappa shape index (κ3) is 2.04. The maximum Gasteiger partial charge on any atom is 0.0516 e. The second-order valence-electron chi connectivity index (χ2n) is 4.75. The molecule has 0 spiro atoms. The van der Waals surface area contributed by atoms with E-state index < -0.39 is 10.8 Å². The van der Waals surface area contributed by atoms with Crippen LogP contribution in [0.15, 0.2) is 0 Å². The Morgan fingerprint density at radius 1 is 0.600 bits per heavy atom. The van der Waals surface area contributed by atoms with Gasteiger partial charge in [-0.3, -0.25) is 0 Å². The van der Waals surface area contributed by atoms with Crippen LogP contribution in [0.25, 0.3) is 0 Å². The molecule has 4 N–H and O–H groups in total. The van der Waals surface area contributed by atoms with Gasteiger partial charge in [0.05, 0.1) is 26.4 Å². The van der Waals surface area contributed by atoms with Crippen molar-refractivity contribution in [3.8, 4) is 0 Å². The van der Waals surface area contributed by atoms with E-state index in [2.05, 4.69) is 0 Å². The number of hydrogen-bond donors (Lipinski definition) is 4. The average Bonchev–Trinajstić information content (AvgIpc) is 2.48. The van der Waals surface area contributed by atoms with Crippen molar-refractivity contribution >= 4 is 0 Å². The Hall–Kier alpha value is -0.160. The first kappa shape index (κ1) is 12.9. The van der Waals surface area contributed by atoms with Gasteiger partial charge in [0.25, 0.3) is 0 Å². The van der Waals surface area contributed by atoms with Crippen molar-refractivity contribution in [2.24, 2.45) is 10.8 Å². The smallest absolute Gasteiger partial charge is 0.0516 e. The van der Waals surface area contributed by atoms with Crippen molar-refractivity contribution in [1.82, 2.24) is 0 Å². The minimum Gasteiger partial charge on any atom is -0.396 e. The molecule has 1 aliphatic rings. The Morgan fingerprint density at radius 3 is 1.20 bits per heavy atom. The van der Waals surface area contributed by atoms with Crippen molar-refractivity contribution in [2.45, 2.75) is 32.1 Å². The lowest BCUT2D eigenvalue weighted by Crippen LogP contribution is -2.51. The van der Waals surface area contributed by atoms with E-state index in [1.54, 1.807) is 0 Å². The standard InChI is InChI=1S/C11H22O4/c12-6-10(7-13)4-2-1-3-5-11(10,8-14)9-15/h12-15H,1-9H2. The summed E-state index contributed by atoms with van der Waals surface area (Å²) in [5, 5.41) is 37.9. The molecule has 1 saturated carbocycles. The normalized spacial score (nSPS) is 24.8. The fourth-order valence-corrected chi connectivity index (χ4v) is 2.72. The number of aliphatic hydroxyl groups excluding tert-OH is 4. The molecule has 1 fully saturated rings. The SMILES string of the molecule is OCC1(CO)CCCCCC1(CO)CO. The van der Waals surface area contributed by atoms with E-state index in [1.165, 1.54) is 0 Å². The maximum absolute atomic E-state index is 9.48. The number of rotatable bonds is 4. The van der Waals surface area contributed by atoms with Gasteiger partial charge in [0.2, 0.25) is 0 Å². The molecule has 90 valence electrons. The lowest BCUT2D eigenvalue weighted by Gasteiger charge is -2.46. The van der Waals surface area contributed by atoms with Gasteiger partial charge in [0.15, 0.2) is 0 Å². The van der Waals surface area contributed by atoms with Crippen molar-refractivity contribution in [2.75, 3.05) is 26.4 Å². The lowest BCUT2D eigenvalue weighted by atomic mass is 9.61. The Labute approximate surface area is 90.6 Å². The molecule has 0 aromatic heterocycles. The highest BCUT2D eigenvalue weighted by atomic mass is 16.3. The molecule has 0 atom stereocenters. The maximum atomic E-state index is 9.48. The molecule has 0 saturated heterocycles. The molecule has 0 bridgehead atoms. The third-order valence-corrected chi connectivity index (χ3v) is 4.15. The summed E-state index contributed by atoms with van der Waals surface area (Å²) in [4.78, 5) is 0. The largest absolute Gasteiger partial charge is 0.396 e. The Morgan fingerprint density at radius 2 is 0.933 bits per heavy atom. The zero-order chi connectivity index (χ0) is 11.4. The van der Waals surface area contributed by atoms with Gasteiger partial charge in [-0.2, -0.15) is 0 Å². The fraction of sp³-hybridized carbons (Fsp3) is 1.00. The molecule has 1 aliphatic carbocycles. The molecular formula is C11H22O4. The van der Waals surface area contributed by atoms with E-state index in [9.17, 15) is 20.4 Å². The lowest BCUT2D eigenvalue weighted by molar-refractivity contribution is -0.117. The molecule has 0 radical (unpaired) electrons. The zero-order valence-corrected chi connectivity index (χ0v) is 9.15. The molecule has 0 aliphatic heterocycles. The van der Waals surface area contributed by atoms with Gasteiger partial charge in [0, 0.05) is 10.8 Å². The van der Waals surface area contributed by atoms with E-state index >= 15 is 0 Å². The van der Waals surface area contributed by atoms with E-state index in [0.29, 0.717) is 12.8 Å². The van der Waals surface area contributed by atoms with Crippen LogP contribution in [0.2, 0.25) is 0 Å².